The fourth-order valence-corrected chi connectivity index (χ4v) is 1.61. The monoisotopic (exact) mass is 241 g/mol. The number of carboxylic acid groups (broad SMARTS) is 1. The summed E-state index contributed by atoms with van der Waals surface area (Å²) in [6, 6.07) is 6.88. The van der Waals surface area contributed by atoms with Gasteiger partial charge in [-0.15, -0.1) is 0 Å². The molecule has 86 valence electrons. The maximum atomic E-state index is 11.1. The average molecular weight is 242 g/mol. The van der Waals surface area contributed by atoms with Crippen molar-refractivity contribution in [3.05, 3.63) is 34.9 Å². The van der Waals surface area contributed by atoms with Crippen LogP contribution in [0.5, 0.6) is 0 Å². The first-order chi connectivity index (χ1) is 7.66. The van der Waals surface area contributed by atoms with Gasteiger partial charge in [-0.25, -0.2) is 0 Å². The van der Waals surface area contributed by atoms with Crippen molar-refractivity contribution in [2.24, 2.45) is 5.16 Å². The summed E-state index contributed by atoms with van der Waals surface area (Å²) in [6.45, 7) is 0. The molecule has 0 radical (unpaired) electrons. The van der Waals surface area contributed by atoms with E-state index in [-0.39, 0.29) is 6.42 Å². The SMILES string of the molecule is CO/N=C/CC(C(=O)O)c1ccccc1Cl. The zero-order valence-electron chi connectivity index (χ0n) is 8.76. The highest BCUT2D eigenvalue weighted by molar-refractivity contribution is 6.31. The Bertz CT molecular complexity index is 393. The molecule has 0 aliphatic heterocycles. The Kier molecular flexibility index (Phi) is 4.79. The zero-order valence-corrected chi connectivity index (χ0v) is 9.52. The van der Waals surface area contributed by atoms with Gasteiger partial charge >= 0.3 is 5.97 Å². The normalized spacial score (nSPS) is 12.6. The van der Waals surface area contributed by atoms with Gasteiger partial charge in [0.1, 0.15) is 7.11 Å². The highest BCUT2D eigenvalue weighted by Gasteiger charge is 2.20. The van der Waals surface area contributed by atoms with Gasteiger partial charge in [-0.2, -0.15) is 0 Å². The van der Waals surface area contributed by atoms with Crippen molar-refractivity contribution in [3.8, 4) is 0 Å². The molecule has 1 atom stereocenters. The predicted molar refractivity (Wildman–Crippen MR) is 61.9 cm³/mol. The largest absolute Gasteiger partial charge is 0.481 e. The molecule has 1 aromatic carbocycles. The molecule has 0 amide bonds. The van der Waals surface area contributed by atoms with Gasteiger partial charge in [0, 0.05) is 17.7 Å². The standard InChI is InChI=1S/C11H12ClNO3/c1-16-13-7-6-9(11(14)15)8-4-2-3-5-10(8)12/h2-5,7,9H,6H2,1H3,(H,14,15)/b13-7+. The third-order valence-electron chi connectivity index (χ3n) is 2.10. The van der Waals surface area contributed by atoms with Crippen LogP contribution in [0.15, 0.2) is 29.4 Å². The molecule has 16 heavy (non-hydrogen) atoms. The van der Waals surface area contributed by atoms with Crippen molar-refractivity contribution in [1.29, 1.82) is 0 Å². The van der Waals surface area contributed by atoms with E-state index in [0.717, 1.165) is 0 Å². The van der Waals surface area contributed by atoms with Gasteiger partial charge in [-0.05, 0) is 11.6 Å². The minimum atomic E-state index is -0.935. The Balaban J connectivity index is 2.90. The van der Waals surface area contributed by atoms with E-state index in [4.69, 9.17) is 16.7 Å². The fraction of sp³-hybridized carbons (Fsp3) is 0.273. The van der Waals surface area contributed by atoms with Crippen molar-refractivity contribution in [2.45, 2.75) is 12.3 Å². The molecule has 1 aromatic rings. The summed E-state index contributed by atoms with van der Waals surface area (Å²) in [4.78, 5) is 15.6. The Morgan fingerprint density at radius 2 is 2.31 bits per heavy atom. The van der Waals surface area contributed by atoms with Crippen LogP contribution in [0.1, 0.15) is 17.9 Å². The highest BCUT2D eigenvalue weighted by atomic mass is 35.5. The topological polar surface area (TPSA) is 58.9 Å². The molecule has 1 N–H and O–H groups in total. The molecule has 0 heterocycles. The van der Waals surface area contributed by atoms with Crippen LogP contribution < -0.4 is 0 Å². The van der Waals surface area contributed by atoms with Crippen molar-refractivity contribution in [2.75, 3.05) is 7.11 Å². The quantitative estimate of drug-likeness (QED) is 0.637. The van der Waals surface area contributed by atoms with E-state index in [1.807, 2.05) is 0 Å². The first kappa shape index (κ1) is 12.5. The number of oxime groups is 1. The molecule has 0 spiro atoms. The van der Waals surface area contributed by atoms with Crippen LogP contribution in [-0.4, -0.2) is 24.4 Å². The molecular formula is C11H12ClNO3. The van der Waals surface area contributed by atoms with Crippen LogP contribution in [0.2, 0.25) is 5.02 Å². The Hall–Kier alpha value is -1.55. The number of benzene rings is 1. The minimum Gasteiger partial charge on any atom is -0.481 e. The van der Waals surface area contributed by atoms with Crippen LogP contribution in [0, 0.1) is 0 Å². The number of halogens is 1. The third-order valence-corrected chi connectivity index (χ3v) is 2.44. The van der Waals surface area contributed by atoms with Gasteiger partial charge in [0.2, 0.25) is 0 Å². The molecule has 0 saturated carbocycles. The van der Waals surface area contributed by atoms with Crippen LogP contribution >= 0.6 is 11.6 Å². The zero-order chi connectivity index (χ0) is 12.0. The summed E-state index contributed by atoms with van der Waals surface area (Å²) in [5.74, 6) is -1.64. The van der Waals surface area contributed by atoms with Crippen molar-refractivity contribution >= 4 is 23.8 Å². The number of hydrogen-bond donors (Lipinski definition) is 1. The van der Waals surface area contributed by atoms with Gasteiger partial charge in [-0.1, -0.05) is 35.0 Å². The Labute approximate surface area is 98.5 Å². The van der Waals surface area contributed by atoms with Crippen molar-refractivity contribution in [1.82, 2.24) is 0 Å². The molecule has 0 fully saturated rings. The molecule has 0 bridgehead atoms. The van der Waals surface area contributed by atoms with E-state index in [1.165, 1.54) is 13.3 Å². The minimum absolute atomic E-state index is 0.243. The van der Waals surface area contributed by atoms with E-state index in [9.17, 15) is 4.79 Å². The number of rotatable bonds is 5. The van der Waals surface area contributed by atoms with Crippen molar-refractivity contribution < 1.29 is 14.7 Å². The maximum Gasteiger partial charge on any atom is 0.311 e. The number of carboxylic acids is 1. The molecule has 0 aliphatic carbocycles. The van der Waals surface area contributed by atoms with E-state index in [2.05, 4.69) is 9.99 Å². The maximum absolute atomic E-state index is 11.1. The van der Waals surface area contributed by atoms with E-state index in [1.54, 1.807) is 24.3 Å². The second-order valence-corrected chi connectivity index (χ2v) is 3.53. The Morgan fingerprint density at radius 1 is 1.62 bits per heavy atom. The summed E-state index contributed by atoms with van der Waals surface area (Å²) < 4.78 is 0. The van der Waals surface area contributed by atoms with Crippen molar-refractivity contribution in [3.63, 3.8) is 0 Å². The summed E-state index contributed by atoms with van der Waals surface area (Å²) in [5.41, 5.74) is 0.583. The molecular weight excluding hydrogens is 230 g/mol. The van der Waals surface area contributed by atoms with E-state index < -0.39 is 11.9 Å². The number of carbonyl (C=O) groups is 1. The smallest absolute Gasteiger partial charge is 0.311 e. The van der Waals surface area contributed by atoms with E-state index in [0.29, 0.717) is 10.6 Å². The number of aliphatic carboxylic acids is 1. The van der Waals surface area contributed by atoms with E-state index >= 15 is 0 Å². The van der Waals surface area contributed by atoms with Gasteiger partial charge < -0.3 is 9.94 Å². The van der Waals surface area contributed by atoms with Crippen LogP contribution in [0.25, 0.3) is 0 Å². The molecule has 0 aromatic heterocycles. The van der Waals surface area contributed by atoms with Gasteiger partial charge in [0.05, 0.1) is 5.92 Å². The second-order valence-electron chi connectivity index (χ2n) is 3.12. The number of hydrogen-bond acceptors (Lipinski definition) is 3. The summed E-state index contributed by atoms with van der Waals surface area (Å²) >= 11 is 5.94. The van der Waals surface area contributed by atoms with Gasteiger partial charge in [0.25, 0.3) is 0 Å². The molecule has 1 unspecified atom stereocenters. The van der Waals surface area contributed by atoms with Crippen LogP contribution in [0.4, 0.5) is 0 Å². The average Bonchev–Trinajstić information content (AvgIpc) is 2.25. The molecule has 1 rings (SSSR count). The molecule has 5 heteroatoms. The van der Waals surface area contributed by atoms with Crippen LogP contribution in [-0.2, 0) is 9.63 Å². The van der Waals surface area contributed by atoms with Crippen LogP contribution in [0.3, 0.4) is 0 Å². The summed E-state index contributed by atoms with van der Waals surface area (Å²) in [7, 11) is 1.40. The molecule has 0 aliphatic rings. The summed E-state index contributed by atoms with van der Waals surface area (Å²) in [6.07, 6.45) is 1.66. The predicted octanol–water partition coefficient (Wildman–Crippen LogP) is 2.53. The first-order valence-corrected chi connectivity index (χ1v) is 5.06. The van der Waals surface area contributed by atoms with Gasteiger partial charge in [-0.3, -0.25) is 4.79 Å². The first-order valence-electron chi connectivity index (χ1n) is 4.69. The molecule has 0 saturated heterocycles. The lowest BCUT2D eigenvalue weighted by atomic mass is 9.96. The summed E-state index contributed by atoms with van der Waals surface area (Å²) in [5, 5.41) is 13.1. The lowest BCUT2D eigenvalue weighted by Gasteiger charge is -2.11. The third kappa shape index (κ3) is 3.24. The molecule has 4 nitrogen and oxygen atoms in total. The van der Waals surface area contributed by atoms with Gasteiger partial charge in [0.15, 0.2) is 0 Å². The highest BCUT2D eigenvalue weighted by Crippen LogP contribution is 2.26. The lowest BCUT2D eigenvalue weighted by Crippen LogP contribution is -2.12. The lowest BCUT2D eigenvalue weighted by molar-refractivity contribution is -0.138. The Morgan fingerprint density at radius 3 is 2.88 bits per heavy atom. The second kappa shape index (κ2) is 6.12. The number of nitrogens with zero attached hydrogens (tertiary/aromatic N) is 1. The fourth-order valence-electron chi connectivity index (χ4n) is 1.34.